The van der Waals surface area contributed by atoms with Crippen LogP contribution in [0.3, 0.4) is 0 Å². The molecular formula is C11H22N2O2S. The second kappa shape index (κ2) is 7.92. The van der Waals surface area contributed by atoms with E-state index in [0.717, 1.165) is 25.3 Å². The van der Waals surface area contributed by atoms with Crippen molar-refractivity contribution in [2.24, 2.45) is 0 Å². The van der Waals surface area contributed by atoms with Gasteiger partial charge in [0.1, 0.15) is 0 Å². The van der Waals surface area contributed by atoms with Crippen molar-refractivity contribution in [2.45, 2.75) is 31.8 Å². The van der Waals surface area contributed by atoms with E-state index in [1.54, 1.807) is 0 Å². The molecule has 1 saturated heterocycles. The van der Waals surface area contributed by atoms with Crippen LogP contribution in [0.5, 0.6) is 0 Å². The summed E-state index contributed by atoms with van der Waals surface area (Å²) in [6.45, 7) is 4.30. The Kier molecular flexibility index (Phi) is 6.84. The summed E-state index contributed by atoms with van der Waals surface area (Å²) in [7, 11) is 0. The molecular weight excluding hydrogens is 224 g/mol. The van der Waals surface area contributed by atoms with Gasteiger partial charge in [0, 0.05) is 25.0 Å². The van der Waals surface area contributed by atoms with Gasteiger partial charge in [0.05, 0.1) is 13.2 Å². The highest BCUT2D eigenvalue weighted by atomic mass is 32.2. The second-order valence-corrected chi connectivity index (χ2v) is 5.17. The summed E-state index contributed by atoms with van der Waals surface area (Å²) in [6, 6.07) is 0.450. The van der Waals surface area contributed by atoms with E-state index >= 15 is 0 Å². The average molecular weight is 246 g/mol. The molecule has 0 aliphatic carbocycles. The Morgan fingerprint density at radius 2 is 2.50 bits per heavy atom. The molecule has 1 heterocycles. The number of carbonyl (C=O) groups excluding carboxylic acids is 1. The van der Waals surface area contributed by atoms with Gasteiger partial charge < -0.3 is 15.4 Å². The number of hydrogen-bond donors (Lipinski definition) is 2. The van der Waals surface area contributed by atoms with Crippen molar-refractivity contribution in [3.63, 3.8) is 0 Å². The van der Waals surface area contributed by atoms with Crippen molar-refractivity contribution in [3.05, 3.63) is 0 Å². The van der Waals surface area contributed by atoms with Crippen LogP contribution >= 0.6 is 11.8 Å². The summed E-state index contributed by atoms with van der Waals surface area (Å²) in [6.07, 6.45) is 3.63. The summed E-state index contributed by atoms with van der Waals surface area (Å²) < 4.78 is 5.31. The first-order valence-corrected chi connectivity index (χ1v) is 7.21. The van der Waals surface area contributed by atoms with Crippen LogP contribution in [0.1, 0.15) is 19.8 Å². The number of hydrogen-bond acceptors (Lipinski definition) is 4. The maximum absolute atomic E-state index is 11.7. The SMILES string of the molecule is CSCCC(C)NC(=O)CC1COCCN1. The third-order valence-electron chi connectivity index (χ3n) is 2.59. The molecule has 16 heavy (non-hydrogen) atoms. The molecule has 0 aromatic heterocycles. The first kappa shape index (κ1) is 13.8. The third-order valence-corrected chi connectivity index (χ3v) is 3.24. The van der Waals surface area contributed by atoms with Gasteiger partial charge in [0.25, 0.3) is 0 Å². The Morgan fingerprint density at radius 3 is 3.12 bits per heavy atom. The van der Waals surface area contributed by atoms with Crippen molar-refractivity contribution >= 4 is 17.7 Å². The largest absolute Gasteiger partial charge is 0.378 e. The van der Waals surface area contributed by atoms with E-state index in [1.165, 1.54) is 0 Å². The van der Waals surface area contributed by atoms with Gasteiger partial charge in [-0.3, -0.25) is 4.79 Å². The highest BCUT2D eigenvalue weighted by molar-refractivity contribution is 7.98. The second-order valence-electron chi connectivity index (χ2n) is 4.18. The Balaban J connectivity index is 2.13. The zero-order valence-electron chi connectivity index (χ0n) is 10.1. The Hall–Kier alpha value is -0.260. The van der Waals surface area contributed by atoms with Gasteiger partial charge in [-0.2, -0.15) is 11.8 Å². The molecule has 2 atom stereocenters. The van der Waals surface area contributed by atoms with E-state index in [0.29, 0.717) is 13.0 Å². The maximum Gasteiger partial charge on any atom is 0.221 e. The van der Waals surface area contributed by atoms with Crippen LogP contribution in [0.4, 0.5) is 0 Å². The fraction of sp³-hybridized carbons (Fsp3) is 0.909. The first-order valence-electron chi connectivity index (χ1n) is 5.81. The first-order chi connectivity index (χ1) is 7.72. The molecule has 0 aromatic carbocycles. The van der Waals surface area contributed by atoms with Crippen molar-refractivity contribution < 1.29 is 9.53 Å². The lowest BCUT2D eigenvalue weighted by atomic mass is 10.1. The smallest absolute Gasteiger partial charge is 0.221 e. The topological polar surface area (TPSA) is 50.4 Å². The van der Waals surface area contributed by atoms with Gasteiger partial charge in [-0.05, 0) is 25.4 Å². The fourth-order valence-electron chi connectivity index (χ4n) is 1.68. The van der Waals surface area contributed by atoms with Crippen molar-refractivity contribution in [1.29, 1.82) is 0 Å². The van der Waals surface area contributed by atoms with Gasteiger partial charge in [-0.1, -0.05) is 0 Å². The molecule has 2 N–H and O–H groups in total. The number of nitrogens with one attached hydrogen (secondary N) is 2. The van der Waals surface area contributed by atoms with Crippen molar-refractivity contribution in [1.82, 2.24) is 10.6 Å². The number of rotatable bonds is 6. The predicted molar refractivity (Wildman–Crippen MR) is 67.8 cm³/mol. The lowest BCUT2D eigenvalue weighted by molar-refractivity contribution is -0.122. The zero-order valence-corrected chi connectivity index (χ0v) is 10.9. The maximum atomic E-state index is 11.7. The summed E-state index contributed by atoms with van der Waals surface area (Å²) in [4.78, 5) is 11.7. The highest BCUT2D eigenvalue weighted by Crippen LogP contribution is 2.02. The molecule has 1 rings (SSSR count). The molecule has 5 heteroatoms. The van der Waals surface area contributed by atoms with Gasteiger partial charge >= 0.3 is 0 Å². The quantitative estimate of drug-likeness (QED) is 0.721. The highest BCUT2D eigenvalue weighted by Gasteiger charge is 2.17. The van der Waals surface area contributed by atoms with E-state index < -0.39 is 0 Å². The van der Waals surface area contributed by atoms with Crippen LogP contribution < -0.4 is 10.6 Å². The number of carbonyl (C=O) groups is 1. The molecule has 2 unspecified atom stereocenters. The number of amides is 1. The molecule has 0 bridgehead atoms. The van der Waals surface area contributed by atoms with Gasteiger partial charge in [-0.15, -0.1) is 0 Å². The molecule has 0 saturated carbocycles. The van der Waals surface area contributed by atoms with Gasteiger partial charge in [-0.25, -0.2) is 0 Å². The molecule has 4 nitrogen and oxygen atoms in total. The standard InChI is InChI=1S/C11H22N2O2S/c1-9(3-6-16-2)13-11(14)7-10-8-15-5-4-12-10/h9-10,12H,3-8H2,1-2H3,(H,13,14). The summed E-state index contributed by atoms with van der Waals surface area (Å²) in [5, 5.41) is 6.29. The Labute approximate surface area is 102 Å². The minimum absolute atomic E-state index is 0.122. The van der Waals surface area contributed by atoms with Gasteiger partial charge in [0.15, 0.2) is 0 Å². The minimum atomic E-state index is 0.122. The van der Waals surface area contributed by atoms with Gasteiger partial charge in [0.2, 0.25) is 5.91 Å². The summed E-state index contributed by atoms with van der Waals surface area (Å²) in [5.41, 5.74) is 0. The lowest BCUT2D eigenvalue weighted by Gasteiger charge is -2.24. The van der Waals surface area contributed by atoms with E-state index in [2.05, 4.69) is 23.8 Å². The number of ether oxygens (including phenoxy) is 1. The van der Waals surface area contributed by atoms with Crippen molar-refractivity contribution in [2.75, 3.05) is 31.8 Å². The number of thioether (sulfide) groups is 1. The van der Waals surface area contributed by atoms with Crippen LogP contribution in [0, 0.1) is 0 Å². The monoisotopic (exact) mass is 246 g/mol. The van der Waals surface area contributed by atoms with E-state index in [9.17, 15) is 4.79 Å². The lowest BCUT2D eigenvalue weighted by Crippen LogP contribution is -2.45. The van der Waals surface area contributed by atoms with Crippen LogP contribution in [0.25, 0.3) is 0 Å². The van der Waals surface area contributed by atoms with Crippen LogP contribution in [-0.4, -0.2) is 49.8 Å². The number of morpholine rings is 1. The molecule has 0 spiro atoms. The van der Waals surface area contributed by atoms with E-state index in [4.69, 9.17) is 4.74 Å². The normalized spacial score (nSPS) is 22.8. The fourth-order valence-corrected chi connectivity index (χ4v) is 2.26. The molecule has 1 aliphatic heterocycles. The predicted octanol–water partition coefficient (Wildman–Crippen LogP) is 0.623. The van der Waals surface area contributed by atoms with Crippen LogP contribution in [0.2, 0.25) is 0 Å². The molecule has 1 aliphatic rings. The van der Waals surface area contributed by atoms with Crippen LogP contribution in [-0.2, 0) is 9.53 Å². The van der Waals surface area contributed by atoms with Crippen molar-refractivity contribution in [3.8, 4) is 0 Å². The molecule has 1 amide bonds. The Morgan fingerprint density at radius 1 is 1.69 bits per heavy atom. The van der Waals surface area contributed by atoms with E-state index in [1.807, 2.05) is 11.8 Å². The zero-order chi connectivity index (χ0) is 11.8. The summed E-state index contributed by atoms with van der Waals surface area (Å²) in [5.74, 6) is 1.21. The average Bonchev–Trinajstić information content (AvgIpc) is 2.27. The third kappa shape index (κ3) is 5.72. The minimum Gasteiger partial charge on any atom is -0.378 e. The molecule has 94 valence electrons. The summed E-state index contributed by atoms with van der Waals surface area (Å²) >= 11 is 1.81. The van der Waals surface area contributed by atoms with Crippen LogP contribution in [0.15, 0.2) is 0 Å². The Bertz CT molecular complexity index is 208. The molecule has 0 radical (unpaired) electrons. The van der Waals surface area contributed by atoms with E-state index in [-0.39, 0.29) is 18.0 Å². The molecule has 1 fully saturated rings. The molecule has 0 aromatic rings.